The number of tetrazole rings is 1. The van der Waals surface area contributed by atoms with Gasteiger partial charge in [-0.3, -0.25) is 14.7 Å². The molecule has 0 aromatic carbocycles. The first-order chi connectivity index (χ1) is 14.3. The maximum atomic E-state index is 12.8. The zero-order chi connectivity index (χ0) is 19.6. The number of aromatic nitrogens is 6. The number of hydrogen-bond acceptors (Lipinski definition) is 8. The standard InChI is InChI=1S/C19H28N8O2/c28-18-15-12-25(13-17-22-23-24-27(17)14-4-2-1-3-5-14)7-6-16(15)20-19(21-18)26-8-10-29-11-9-26/h14H,1-13H2,(H,20,21,28). The lowest BCUT2D eigenvalue weighted by molar-refractivity contribution is 0.122. The molecule has 4 heterocycles. The normalized spacial score (nSPS) is 21.3. The van der Waals surface area contributed by atoms with Crippen LogP contribution in [0.3, 0.4) is 0 Å². The van der Waals surface area contributed by atoms with E-state index in [4.69, 9.17) is 9.72 Å². The Hall–Kier alpha value is -2.33. The lowest BCUT2D eigenvalue weighted by Crippen LogP contribution is -2.41. The molecule has 2 aliphatic heterocycles. The van der Waals surface area contributed by atoms with E-state index in [9.17, 15) is 4.79 Å². The second-order valence-corrected chi connectivity index (χ2v) is 8.21. The van der Waals surface area contributed by atoms with Crippen molar-refractivity contribution < 1.29 is 4.74 Å². The first-order valence-corrected chi connectivity index (χ1v) is 10.7. The van der Waals surface area contributed by atoms with Gasteiger partial charge in [0, 0.05) is 32.6 Å². The van der Waals surface area contributed by atoms with Gasteiger partial charge >= 0.3 is 0 Å². The molecule has 3 aliphatic rings. The number of rotatable bonds is 4. The number of aromatic amines is 1. The Kier molecular flexibility index (Phi) is 5.28. The molecule has 0 amide bonds. The van der Waals surface area contributed by atoms with Crippen LogP contribution in [0.15, 0.2) is 4.79 Å². The third-order valence-corrected chi connectivity index (χ3v) is 6.29. The fourth-order valence-corrected chi connectivity index (χ4v) is 4.65. The second kappa shape index (κ2) is 8.19. The van der Waals surface area contributed by atoms with Gasteiger partial charge in [0.1, 0.15) is 0 Å². The molecule has 0 bridgehead atoms. The summed E-state index contributed by atoms with van der Waals surface area (Å²) in [5.41, 5.74) is 1.65. The molecular weight excluding hydrogens is 372 g/mol. The largest absolute Gasteiger partial charge is 0.378 e. The molecule has 10 heteroatoms. The number of fused-ring (bicyclic) bond motifs is 1. The van der Waals surface area contributed by atoms with Crippen molar-refractivity contribution in [3.63, 3.8) is 0 Å². The van der Waals surface area contributed by atoms with Gasteiger partial charge in [0.05, 0.1) is 37.1 Å². The lowest BCUT2D eigenvalue weighted by atomic mass is 9.95. The smallest absolute Gasteiger partial charge is 0.257 e. The van der Waals surface area contributed by atoms with E-state index in [0.717, 1.165) is 56.0 Å². The summed E-state index contributed by atoms with van der Waals surface area (Å²) < 4.78 is 7.41. The molecule has 0 spiro atoms. The van der Waals surface area contributed by atoms with E-state index in [1.54, 1.807) is 0 Å². The molecule has 1 saturated carbocycles. The first kappa shape index (κ1) is 18.7. The summed E-state index contributed by atoms with van der Waals surface area (Å²) >= 11 is 0. The van der Waals surface area contributed by atoms with E-state index in [1.807, 2.05) is 4.68 Å². The number of morpholine rings is 1. The minimum atomic E-state index is -0.0342. The Morgan fingerprint density at radius 3 is 2.76 bits per heavy atom. The molecule has 1 aliphatic carbocycles. The Bertz CT molecular complexity index is 898. The summed E-state index contributed by atoms with van der Waals surface area (Å²) in [5, 5.41) is 12.5. The molecule has 2 aromatic rings. The molecule has 0 unspecified atom stereocenters. The Balaban J connectivity index is 1.30. The fourth-order valence-electron chi connectivity index (χ4n) is 4.65. The van der Waals surface area contributed by atoms with E-state index >= 15 is 0 Å². The Morgan fingerprint density at radius 2 is 1.93 bits per heavy atom. The molecule has 2 aromatic heterocycles. The topological polar surface area (TPSA) is 105 Å². The molecule has 0 radical (unpaired) electrons. The predicted octanol–water partition coefficient (Wildman–Crippen LogP) is 0.656. The van der Waals surface area contributed by atoms with E-state index in [2.05, 4.69) is 30.3 Å². The van der Waals surface area contributed by atoms with Crippen LogP contribution in [0, 0.1) is 0 Å². The van der Waals surface area contributed by atoms with Crippen LogP contribution in [-0.2, 0) is 24.2 Å². The first-order valence-electron chi connectivity index (χ1n) is 10.7. The average molecular weight is 400 g/mol. The van der Waals surface area contributed by atoms with Gasteiger partial charge in [0.25, 0.3) is 5.56 Å². The van der Waals surface area contributed by atoms with Crippen molar-refractivity contribution in [2.45, 2.75) is 57.7 Å². The number of ether oxygens (including phenoxy) is 1. The molecular formula is C19H28N8O2. The van der Waals surface area contributed by atoms with Gasteiger partial charge < -0.3 is 9.64 Å². The van der Waals surface area contributed by atoms with E-state index < -0.39 is 0 Å². The molecule has 5 rings (SSSR count). The molecule has 1 N–H and O–H groups in total. The third-order valence-electron chi connectivity index (χ3n) is 6.29. The number of nitrogens with one attached hydrogen (secondary N) is 1. The summed E-state index contributed by atoms with van der Waals surface area (Å²) in [6.45, 7) is 4.96. The van der Waals surface area contributed by atoms with Crippen LogP contribution in [0.4, 0.5) is 5.95 Å². The number of anilines is 1. The van der Waals surface area contributed by atoms with Gasteiger partial charge in [-0.15, -0.1) is 5.10 Å². The zero-order valence-corrected chi connectivity index (χ0v) is 16.7. The minimum Gasteiger partial charge on any atom is -0.378 e. The van der Waals surface area contributed by atoms with Crippen LogP contribution in [-0.4, -0.2) is 67.9 Å². The van der Waals surface area contributed by atoms with Crippen molar-refractivity contribution in [2.75, 3.05) is 37.7 Å². The summed E-state index contributed by atoms with van der Waals surface area (Å²) in [6.07, 6.45) is 6.85. The highest BCUT2D eigenvalue weighted by atomic mass is 16.5. The van der Waals surface area contributed by atoms with Crippen molar-refractivity contribution in [2.24, 2.45) is 0 Å². The predicted molar refractivity (Wildman–Crippen MR) is 106 cm³/mol. The van der Waals surface area contributed by atoms with Crippen LogP contribution in [0.5, 0.6) is 0 Å². The van der Waals surface area contributed by atoms with Crippen molar-refractivity contribution in [1.29, 1.82) is 0 Å². The van der Waals surface area contributed by atoms with E-state index in [1.165, 1.54) is 19.3 Å². The van der Waals surface area contributed by atoms with Gasteiger partial charge in [-0.2, -0.15) is 0 Å². The average Bonchev–Trinajstić information content (AvgIpc) is 3.23. The monoisotopic (exact) mass is 400 g/mol. The van der Waals surface area contributed by atoms with Crippen LogP contribution in [0.2, 0.25) is 0 Å². The van der Waals surface area contributed by atoms with Crippen molar-refractivity contribution in [3.05, 3.63) is 27.4 Å². The van der Waals surface area contributed by atoms with E-state index in [-0.39, 0.29) is 5.56 Å². The zero-order valence-electron chi connectivity index (χ0n) is 16.7. The summed E-state index contributed by atoms with van der Waals surface area (Å²) in [4.78, 5) is 24.8. The van der Waals surface area contributed by atoms with Gasteiger partial charge in [-0.05, 0) is 23.3 Å². The van der Waals surface area contributed by atoms with Gasteiger partial charge in [0.15, 0.2) is 5.82 Å². The number of nitrogens with zero attached hydrogens (tertiary/aromatic N) is 7. The highest BCUT2D eigenvalue weighted by molar-refractivity contribution is 5.34. The maximum Gasteiger partial charge on any atom is 0.257 e. The Labute approximate surface area is 169 Å². The van der Waals surface area contributed by atoms with Crippen molar-refractivity contribution >= 4 is 5.95 Å². The lowest BCUT2D eigenvalue weighted by Gasteiger charge is -2.30. The SMILES string of the molecule is O=c1[nH]c(N2CCOCC2)nc2c1CN(Cc1nnnn1C1CCCCC1)CC2. The number of H-pyrrole nitrogens is 1. The van der Waals surface area contributed by atoms with Gasteiger partial charge in [-0.25, -0.2) is 9.67 Å². The molecule has 1 saturated heterocycles. The molecule has 10 nitrogen and oxygen atoms in total. The molecule has 156 valence electrons. The maximum absolute atomic E-state index is 12.8. The number of hydrogen-bond donors (Lipinski definition) is 1. The van der Waals surface area contributed by atoms with Crippen LogP contribution < -0.4 is 10.5 Å². The minimum absolute atomic E-state index is 0.0342. The van der Waals surface area contributed by atoms with Gasteiger partial charge in [-0.1, -0.05) is 19.3 Å². The molecule has 0 atom stereocenters. The third kappa shape index (κ3) is 3.91. The van der Waals surface area contributed by atoms with Crippen LogP contribution in [0.25, 0.3) is 0 Å². The fraction of sp³-hybridized carbons (Fsp3) is 0.737. The molecule has 2 fully saturated rings. The van der Waals surface area contributed by atoms with Crippen LogP contribution in [0.1, 0.15) is 55.2 Å². The van der Waals surface area contributed by atoms with Crippen LogP contribution >= 0.6 is 0 Å². The summed E-state index contributed by atoms with van der Waals surface area (Å²) in [7, 11) is 0. The second-order valence-electron chi connectivity index (χ2n) is 8.21. The van der Waals surface area contributed by atoms with E-state index in [0.29, 0.717) is 38.3 Å². The van der Waals surface area contributed by atoms with Gasteiger partial charge in [0.2, 0.25) is 5.95 Å². The summed E-state index contributed by atoms with van der Waals surface area (Å²) in [5.74, 6) is 1.57. The quantitative estimate of drug-likeness (QED) is 0.798. The highest BCUT2D eigenvalue weighted by Crippen LogP contribution is 2.28. The summed E-state index contributed by atoms with van der Waals surface area (Å²) in [6, 6.07) is 0.409. The van der Waals surface area contributed by atoms with Crippen molar-refractivity contribution in [3.8, 4) is 0 Å². The molecule has 29 heavy (non-hydrogen) atoms. The highest BCUT2D eigenvalue weighted by Gasteiger charge is 2.26. The Morgan fingerprint density at radius 1 is 1.10 bits per heavy atom. The van der Waals surface area contributed by atoms with Crippen molar-refractivity contribution in [1.82, 2.24) is 35.1 Å².